The summed E-state index contributed by atoms with van der Waals surface area (Å²) < 4.78 is 0. The maximum Gasteiger partial charge on any atom is 0.232 e. The van der Waals surface area contributed by atoms with Crippen LogP contribution in [0.2, 0.25) is 0 Å². The molecule has 15 heavy (non-hydrogen) atoms. The third-order valence-corrected chi connectivity index (χ3v) is 3.57. The minimum atomic E-state index is -0.124. The van der Waals surface area contributed by atoms with Crippen molar-refractivity contribution in [2.75, 3.05) is 6.54 Å². The quantitative estimate of drug-likeness (QED) is 0.731. The van der Waals surface area contributed by atoms with Crippen molar-refractivity contribution in [2.45, 2.75) is 19.8 Å². The van der Waals surface area contributed by atoms with Gasteiger partial charge in [0.1, 0.15) is 0 Å². The molecule has 2 rings (SSSR count). The van der Waals surface area contributed by atoms with E-state index in [0.717, 1.165) is 6.42 Å². The van der Waals surface area contributed by atoms with Crippen molar-refractivity contribution >= 4 is 23.2 Å². The van der Waals surface area contributed by atoms with E-state index in [1.54, 1.807) is 11.3 Å². The van der Waals surface area contributed by atoms with E-state index in [2.05, 4.69) is 0 Å². The minimum absolute atomic E-state index is 0.0171. The lowest BCUT2D eigenvalue weighted by atomic mass is 10.1. The number of hydrogen-bond donors (Lipinski definition) is 0. The lowest BCUT2D eigenvalue weighted by Crippen LogP contribution is -2.32. The summed E-state index contributed by atoms with van der Waals surface area (Å²) in [6.45, 7) is 2.34. The maximum absolute atomic E-state index is 11.6. The number of nitrogens with zero attached hydrogens (tertiary/aromatic N) is 1. The Labute approximate surface area is 92.7 Å². The van der Waals surface area contributed by atoms with E-state index in [0.29, 0.717) is 13.0 Å². The molecule has 0 saturated carbocycles. The summed E-state index contributed by atoms with van der Waals surface area (Å²) in [5, 5.41) is 2.01. The van der Waals surface area contributed by atoms with Crippen LogP contribution in [0, 0.1) is 5.92 Å². The van der Waals surface area contributed by atoms with Crippen LogP contribution in [0.3, 0.4) is 0 Å². The molecule has 0 aromatic carbocycles. The molecule has 1 aliphatic rings. The largest absolute Gasteiger partial charge is 0.282 e. The second-order valence-corrected chi connectivity index (χ2v) is 4.85. The van der Waals surface area contributed by atoms with Crippen molar-refractivity contribution in [1.29, 1.82) is 0 Å². The van der Waals surface area contributed by atoms with Crippen LogP contribution < -0.4 is 0 Å². The minimum Gasteiger partial charge on any atom is -0.282 e. The zero-order valence-corrected chi connectivity index (χ0v) is 9.42. The summed E-state index contributed by atoms with van der Waals surface area (Å²) in [5.74, 6) is -0.165. The molecule has 2 amide bonds. The molecule has 0 spiro atoms. The van der Waals surface area contributed by atoms with Gasteiger partial charge in [-0.25, -0.2) is 0 Å². The second-order valence-electron chi connectivity index (χ2n) is 3.82. The van der Waals surface area contributed by atoms with Gasteiger partial charge in [0, 0.05) is 23.8 Å². The van der Waals surface area contributed by atoms with Gasteiger partial charge in [0.05, 0.1) is 0 Å². The highest BCUT2D eigenvalue weighted by atomic mass is 32.1. The van der Waals surface area contributed by atoms with Crippen molar-refractivity contribution in [3.8, 4) is 0 Å². The molecule has 1 aromatic rings. The van der Waals surface area contributed by atoms with Crippen LogP contribution >= 0.6 is 11.3 Å². The van der Waals surface area contributed by atoms with E-state index >= 15 is 0 Å². The molecule has 4 heteroatoms. The average Bonchev–Trinajstić information content (AvgIpc) is 2.76. The van der Waals surface area contributed by atoms with Gasteiger partial charge >= 0.3 is 0 Å². The SMILES string of the molecule is C[C@H]1CC(=O)N(CCc2cccs2)C1=O. The Hall–Kier alpha value is -1.16. The summed E-state index contributed by atoms with van der Waals surface area (Å²) >= 11 is 1.66. The summed E-state index contributed by atoms with van der Waals surface area (Å²) in [5.41, 5.74) is 0. The number of carbonyl (C=O) groups is 2. The van der Waals surface area contributed by atoms with Gasteiger partial charge < -0.3 is 0 Å². The first-order chi connectivity index (χ1) is 7.18. The zero-order chi connectivity index (χ0) is 10.8. The Morgan fingerprint density at radius 1 is 1.53 bits per heavy atom. The highest BCUT2D eigenvalue weighted by Gasteiger charge is 2.34. The predicted molar refractivity (Wildman–Crippen MR) is 58.5 cm³/mol. The van der Waals surface area contributed by atoms with Gasteiger partial charge in [0.2, 0.25) is 11.8 Å². The maximum atomic E-state index is 11.6. The van der Waals surface area contributed by atoms with E-state index in [1.165, 1.54) is 9.78 Å². The highest BCUT2D eigenvalue weighted by Crippen LogP contribution is 2.19. The van der Waals surface area contributed by atoms with Crippen molar-refractivity contribution in [3.63, 3.8) is 0 Å². The summed E-state index contributed by atoms with van der Waals surface area (Å²) in [6, 6.07) is 4.01. The second kappa shape index (κ2) is 4.14. The first-order valence-electron chi connectivity index (χ1n) is 5.05. The van der Waals surface area contributed by atoms with E-state index < -0.39 is 0 Å². The number of imide groups is 1. The van der Waals surface area contributed by atoms with E-state index in [1.807, 2.05) is 24.4 Å². The Balaban J connectivity index is 1.95. The molecule has 1 saturated heterocycles. The summed E-state index contributed by atoms with van der Waals surface area (Å²) in [4.78, 5) is 25.7. The Morgan fingerprint density at radius 3 is 2.87 bits per heavy atom. The number of hydrogen-bond acceptors (Lipinski definition) is 3. The Kier molecular flexibility index (Phi) is 2.86. The number of likely N-dealkylation sites (tertiary alicyclic amines) is 1. The van der Waals surface area contributed by atoms with Gasteiger partial charge in [-0.2, -0.15) is 0 Å². The van der Waals surface area contributed by atoms with Gasteiger partial charge in [-0.3, -0.25) is 14.5 Å². The zero-order valence-electron chi connectivity index (χ0n) is 8.60. The molecule has 0 bridgehead atoms. The fourth-order valence-electron chi connectivity index (χ4n) is 1.76. The Bertz CT molecular complexity index is 372. The number of carbonyl (C=O) groups excluding carboxylic acids is 2. The highest BCUT2D eigenvalue weighted by molar-refractivity contribution is 7.09. The molecule has 80 valence electrons. The molecule has 0 unspecified atom stereocenters. The molecule has 1 aromatic heterocycles. The fourth-order valence-corrected chi connectivity index (χ4v) is 2.46. The van der Waals surface area contributed by atoms with Crippen molar-refractivity contribution in [2.24, 2.45) is 5.92 Å². The molecule has 0 aliphatic carbocycles. The lowest BCUT2D eigenvalue weighted by Gasteiger charge is -2.13. The van der Waals surface area contributed by atoms with E-state index in [9.17, 15) is 9.59 Å². The van der Waals surface area contributed by atoms with Crippen molar-refractivity contribution in [3.05, 3.63) is 22.4 Å². The van der Waals surface area contributed by atoms with Crippen molar-refractivity contribution in [1.82, 2.24) is 4.90 Å². The molecule has 1 atom stereocenters. The van der Waals surface area contributed by atoms with Gasteiger partial charge in [-0.1, -0.05) is 13.0 Å². The van der Waals surface area contributed by atoms with Crippen LogP contribution in [0.15, 0.2) is 17.5 Å². The van der Waals surface area contributed by atoms with Crippen LogP contribution in [0.25, 0.3) is 0 Å². The number of amides is 2. The van der Waals surface area contributed by atoms with Crippen LogP contribution in [-0.4, -0.2) is 23.3 Å². The monoisotopic (exact) mass is 223 g/mol. The number of rotatable bonds is 3. The molecule has 3 nitrogen and oxygen atoms in total. The third kappa shape index (κ3) is 2.09. The van der Waals surface area contributed by atoms with Gasteiger partial charge in [-0.15, -0.1) is 11.3 Å². The molecular weight excluding hydrogens is 210 g/mol. The third-order valence-electron chi connectivity index (χ3n) is 2.63. The average molecular weight is 223 g/mol. The van der Waals surface area contributed by atoms with Gasteiger partial charge in [0.25, 0.3) is 0 Å². The first kappa shape index (κ1) is 10.4. The fraction of sp³-hybridized carbons (Fsp3) is 0.455. The molecule has 1 fully saturated rings. The van der Waals surface area contributed by atoms with E-state index in [-0.39, 0.29) is 17.7 Å². The van der Waals surface area contributed by atoms with Crippen LogP contribution in [0.4, 0.5) is 0 Å². The predicted octanol–water partition coefficient (Wildman–Crippen LogP) is 1.69. The topological polar surface area (TPSA) is 37.4 Å². The van der Waals surface area contributed by atoms with E-state index in [4.69, 9.17) is 0 Å². The summed E-state index contributed by atoms with van der Waals surface area (Å²) in [6.07, 6.45) is 1.16. The van der Waals surface area contributed by atoms with Gasteiger partial charge in [-0.05, 0) is 17.9 Å². The smallest absolute Gasteiger partial charge is 0.232 e. The molecular formula is C11H13NO2S. The van der Waals surface area contributed by atoms with Crippen LogP contribution in [-0.2, 0) is 16.0 Å². The molecule has 1 aliphatic heterocycles. The first-order valence-corrected chi connectivity index (χ1v) is 5.93. The lowest BCUT2D eigenvalue weighted by molar-refractivity contribution is -0.139. The molecule has 0 N–H and O–H groups in total. The molecule has 0 radical (unpaired) electrons. The Morgan fingerprint density at radius 2 is 2.33 bits per heavy atom. The van der Waals surface area contributed by atoms with Crippen LogP contribution in [0.1, 0.15) is 18.2 Å². The summed E-state index contributed by atoms with van der Waals surface area (Å²) in [7, 11) is 0. The van der Waals surface area contributed by atoms with Crippen molar-refractivity contribution < 1.29 is 9.59 Å². The molecule has 2 heterocycles. The van der Waals surface area contributed by atoms with Crippen LogP contribution in [0.5, 0.6) is 0 Å². The van der Waals surface area contributed by atoms with Gasteiger partial charge in [0.15, 0.2) is 0 Å². The number of thiophene rings is 1. The normalized spacial score (nSPS) is 21.4. The standard InChI is InChI=1S/C11H13NO2S/c1-8-7-10(13)12(11(8)14)5-4-9-3-2-6-15-9/h2-3,6,8H,4-5,7H2,1H3/t8-/m0/s1.